The molecular formula is C11H20N12O2. The van der Waals surface area contributed by atoms with Gasteiger partial charge in [0, 0.05) is 0 Å². The Kier molecular flexibility index (Phi) is 5.80. The van der Waals surface area contributed by atoms with Crippen LogP contribution in [0.25, 0.3) is 0 Å². The first-order valence-electron chi connectivity index (χ1n) is 7.25. The van der Waals surface area contributed by atoms with Crippen LogP contribution in [0, 0.1) is 0 Å². The zero-order valence-electron chi connectivity index (χ0n) is 13.2. The number of hydrogen-bond donors (Lipinski definition) is 8. The molecule has 0 radical (unpaired) electrons. The number of nitrogen functional groups attached to an aromatic ring is 4. The summed E-state index contributed by atoms with van der Waals surface area (Å²) in [6.07, 6.45) is -0.875. The van der Waals surface area contributed by atoms with E-state index in [2.05, 4.69) is 40.5 Å². The van der Waals surface area contributed by atoms with Crippen molar-refractivity contribution in [1.29, 1.82) is 0 Å². The number of anilines is 6. The smallest absolute Gasteiger partial charge is 0.231 e. The van der Waals surface area contributed by atoms with Crippen LogP contribution in [0.4, 0.5) is 35.7 Å². The third-order valence-corrected chi connectivity index (χ3v) is 2.89. The van der Waals surface area contributed by atoms with Gasteiger partial charge < -0.3 is 43.8 Å². The number of hydrogen-bond acceptors (Lipinski definition) is 14. The van der Waals surface area contributed by atoms with Gasteiger partial charge in [0.15, 0.2) is 0 Å². The van der Waals surface area contributed by atoms with Crippen molar-refractivity contribution in [1.82, 2.24) is 29.9 Å². The van der Waals surface area contributed by atoms with Crippen LogP contribution in [-0.4, -0.2) is 52.6 Å². The van der Waals surface area contributed by atoms with Gasteiger partial charge in [0.05, 0.1) is 0 Å². The fourth-order valence-electron chi connectivity index (χ4n) is 1.89. The van der Waals surface area contributed by atoms with Gasteiger partial charge in [-0.15, -0.1) is 0 Å². The second kappa shape index (κ2) is 8.02. The second-order valence-electron chi connectivity index (χ2n) is 5.00. The van der Waals surface area contributed by atoms with Gasteiger partial charge in [-0.25, -0.2) is 0 Å². The highest BCUT2D eigenvalue weighted by molar-refractivity contribution is 5.38. The summed E-state index contributed by atoms with van der Waals surface area (Å²) in [7, 11) is 0. The van der Waals surface area contributed by atoms with Gasteiger partial charge in [-0.2, -0.15) is 29.9 Å². The van der Waals surface area contributed by atoms with E-state index in [1.54, 1.807) is 0 Å². The van der Waals surface area contributed by atoms with Gasteiger partial charge in [-0.05, 0) is 19.3 Å². The molecule has 136 valence electrons. The van der Waals surface area contributed by atoms with Crippen molar-refractivity contribution < 1.29 is 10.2 Å². The van der Waals surface area contributed by atoms with Crippen LogP contribution in [0.2, 0.25) is 0 Å². The van der Waals surface area contributed by atoms with E-state index in [9.17, 15) is 10.2 Å². The molecule has 14 heteroatoms. The average molecular weight is 352 g/mol. The van der Waals surface area contributed by atoms with Gasteiger partial charge in [0.1, 0.15) is 12.5 Å². The molecule has 2 unspecified atom stereocenters. The molecule has 0 aliphatic rings. The van der Waals surface area contributed by atoms with Crippen molar-refractivity contribution in [3.8, 4) is 0 Å². The molecule has 0 spiro atoms. The first-order valence-corrected chi connectivity index (χ1v) is 7.25. The number of aliphatic hydroxyl groups is 2. The molecule has 0 saturated heterocycles. The Morgan fingerprint density at radius 1 is 0.640 bits per heavy atom. The standard InChI is InChI=1S/C11H20N12O2/c12-6-18-7(13)21-10(20-6)16-4(24)2-1-3-5(25)17-11-22-8(14)19-9(15)23-11/h4-5,24-25H,1-3H2,(H5,12,13,16,18,20,21)(H5,14,15,17,19,22,23). The van der Waals surface area contributed by atoms with Crippen LogP contribution in [0.5, 0.6) is 0 Å². The lowest BCUT2D eigenvalue weighted by atomic mass is 10.2. The number of nitrogens with one attached hydrogen (secondary N) is 2. The minimum atomic E-state index is -0.961. The van der Waals surface area contributed by atoms with Crippen molar-refractivity contribution >= 4 is 35.7 Å². The molecule has 2 aromatic heterocycles. The topological polar surface area (TPSA) is 246 Å². The molecule has 12 N–H and O–H groups in total. The maximum absolute atomic E-state index is 9.90. The van der Waals surface area contributed by atoms with E-state index in [1.807, 2.05) is 0 Å². The third-order valence-electron chi connectivity index (χ3n) is 2.89. The highest BCUT2D eigenvalue weighted by Crippen LogP contribution is 2.11. The van der Waals surface area contributed by atoms with E-state index in [4.69, 9.17) is 22.9 Å². The largest absolute Gasteiger partial charge is 0.374 e. The Morgan fingerprint density at radius 3 is 1.28 bits per heavy atom. The number of aliphatic hydroxyl groups excluding tert-OH is 2. The van der Waals surface area contributed by atoms with Gasteiger partial charge in [-0.1, -0.05) is 0 Å². The third kappa shape index (κ3) is 6.04. The molecule has 2 atom stereocenters. The van der Waals surface area contributed by atoms with Crippen LogP contribution in [0.3, 0.4) is 0 Å². The fraction of sp³-hybridized carbons (Fsp3) is 0.455. The molecule has 25 heavy (non-hydrogen) atoms. The molecule has 0 bridgehead atoms. The Balaban J connectivity index is 1.75. The van der Waals surface area contributed by atoms with Gasteiger partial charge >= 0.3 is 0 Å². The van der Waals surface area contributed by atoms with E-state index in [0.29, 0.717) is 19.3 Å². The first-order chi connectivity index (χ1) is 11.8. The lowest BCUT2D eigenvalue weighted by molar-refractivity contribution is 0.161. The number of nitrogens with zero attached hydrogens (tertiary/aromatic N) is 6. The van der Waals surface area contributed by atoms with Crippen LogP contribution >= 0.6 is 0 Å². The van der Waals surface area contributed by atoms with E-state index >= 15 is 0 Å². The molecule has 0 aromatic carbocycles. The zero-order valence-corrected chi connectivity index (χ0v) is 13.2. The summed E-state index contributed by atoms with van der Waals surface area (Å²) in [6.45, 7) is 0. The Bertz CT molecular complexity index is 613. The van der Waals surface area contributed by atoms with Crippen LogP contribution < -0.4 is 33.6 Å². The Labute approximate surface area is 142 Å². The molecule has 14 nitrogen and oxygen atoms in total. The maximum Gasteiger partial charge on any atom is 0.231 e. The second-order valence-corrected chi connectivity index (χ2v) is 5.00. The molecule has 0 fully saturated rings. The minimum Gasteiger partial charge on any atom is -0.374 e. The van der Waals surface area contributed by atoms with E-state index in [0.717, 1.165) is 0 Å². The summed E-state index contributed by atoms with van der Waals surface area (Å²) in [5.74, 6) is -0.106. The summed E-state index contributed by atoms with van der Waals surface area (Å²) < 4.78 is 0. The monoisotopic (exact) mass is 352 g/mol. The highest BCUT2D eigenvalue weighted by Gasteiger charge is 2.11. The fourth-order valence-corrected chi connectivity index (χ4v) is 1.89. The molecule has 0 amide bonds. The van der Waals surface area contributed by atoms with Crippen molar-refractivity contribution in [3.05, 3.63) is 0 Å². The minimum absolute atomic E-state index is 0.0577. The summed E-state index contributed by atoms with van der Waals surface area (Å²) in [6, 6.07) is 0. The van der Waals surface area contributed by atoms with E-state index < -0.39 is 12.5 Å². The van der Waals surface area contributed by atoms with Gasteiger partial charge in [0.25, 0.3) is 0 Å². The highest BCUT2D eigenvalue weighted by atomic mass is 16.3. The number of nitrogens with two attached hydrogens (primary N) is 4. The lowest BCUT2D eigenvalue weighted by Gasteiger charge is -2.15. The first kappa shape index (κ1) is 18.1. The summed E-state index contributed by atoms with van der Waals surface area (Å²) >= 11 is 0. The lowest BCUT2D eigenvalue weighted by Crippen LogP contribution is -2.24. The summed E-state index contributed by atoms with van der Waals surface area (Å²) in [4.78, 5) is 22.4. The van der Waals surface area contributed by atoms with Crippen LogP contribution in [0.15, 0.2) is 0 Å². The molecule has 0 saturated carbocycles. The summed E-state index contributed by atoms with van der Waals surface area (Å²) in [5.41, 5.74) is 21.7. The SMILES string of the molecule is Nc1nc(N)nc(NC(O)CCCC(O)Nc2nc(N)nc(N)n2)n1. The molecule has 0 aliphatic heterocycles. The Morgan fingerprint density at radius 2 is 0.960 bits per heavy atom. The van der Waals surface area contributed by atoms with Crippen molar-refractivity contribution in [2.24, 2.45) is 0 Å². The number of aromatic nitrogens is 6. The summed E-state index contributed by atoms with van der Waals surface area (Å²) in [5, 5.41) is 25.1. The predicted octanol–water partition coefficient (Wildman–Crippen LogP) is -2.28. The van der Waals surface area contributed by atoms with E-state index in [1.165, 1.54) is 0 Å². The molecule has 0 aliphatic carbocycles. The van der Waals surface area contributed by atoms with Gasteiger partial charge in [-0.3, -0.25) is 0 Å². The van der Waals surface area contributed by atoms with Crippen LogP contribution in [0.1, 0.15) is 19.3 Å². The predicted molar refractivity (Wildman–Crippen MR) is 90.4 cm³/mol. The molecule has 2 heterocycles. The normalized spacial score (nSPS) is 13.2. The zero-order chi connectivity index (χ0) is 18.4. The Hall–Kier alpha value is -3.26. The maximum atomic E-state index is 9.90. The van der Waals surface area contributed by atoms with Crippen LogP contribution in [-0.2, 0) is 0 Å². The average Bonchev–Trinajstić information content (AvgIpc) is 2.44. The molecular weight excluding hydrogens is 332 g/mol. The van der Waals surface area contributed by atoms with Crippen molar-refractivity contribution in [2.75, 3.05) is 33.6 Å². The molecule has 2 rings (SSSR count). The quantitative estimate of drug-likeness (QED) is 0.233. The van der Waals surface area contributed by atoms with Crippen molar-refractivity contribution in [3.63, 3.8) is 0 Å². The molecule has 2 aromatic rings. The number of rotatable bonds is 8. The van der Waals surface area contributed by atoms with Crippen molar-refractivity contribution in [2.45, 2.75) is 31.7 Å². The van der Waals surface area contributed by atoms with E-state index in [-0.39, 0.29) is 35.7 Å². The van der Waals surface area contributed by atoms with Gasteiger partial charge in [0.2, 0.25) is 35.7 Å².